The summed E-state index contributed by atoms with van der Waals surface area (Å²) in [4.78, 5) is 30.7. The number of sulfone groups is 1. The molecule has 0 spiro atoms. The van der Waals surface area contributed by atoms with Gasteiger partial charge in [-0.15, -0.1) is 0 Å². The number of ether oxygens (including phenoxy) is 1. The van der Waals surface area contributed by atoms with Crippen LogP contribution in [0.3, 0.4) is 0 Å². The molecule has 0 N–H and O–H groups in total. The number of hydrogen-bond acceptors (Lipinski definition) is 6. The Kier molecular flexibility index (Phi) is 6.32. The van der Waals surface area contributed by atoms with Crippen molar-refractivity contribution < 1.29 is 22.7 Å². The highest BCUT2D eigenvalue weighted by Crippen LogP contribution is 2.19. The molecule has 2 atom stereocenters. The van der Waals surface area contributed by atoms with E-state index in [0.717, 1.165) is 10.9 Å². The highest BCUT2D eigenvalue weighted by atomic mass is 32.2. The number of esters is 1. The van der Waals surface area contributed by atoms with Crippen LogP contribution in [0.5, 0.6) is 0 Å². The number of carbonyl (C=O) groups excluding carboxylic acids is 2. The summed E-state index contributed by atoms with van der Waals surface area (Å²) in [6.45, 7) is 3.63. The Balaban J connectivity index is 1.61. The van der Waals surface area contributed by atoms with Gasteiger partial charge in [-0.05, 0) is 38.5 Å². The Bertz CT molecular complexity index is 1050. The lowest BCUT2D eigenvalue weighted by Crippen LogP contribution is -2.46. The van der Waals surface area contributed by atoms with Crippen LogP contribution in [0.4, 0.5) is 0 Å². The predicted molar refractivity (Wildman–Crippen MR) is 111 cm³/mol. The van der Waals surface area contributed by atoms with Gasteiger partial charge in [0, 0.05) is 24.0 Å². The lowest BCUT2D eigenvalue weighted by atomic mass is 10.2. The molecule has 7 nitrogen and oxygen atoms in total. The number of likely N-dealkylation sites (N-methyl/N-ethyl adjacent to an activating group) is 1. The van der Waals surface area contributed by atoms with Gasteiger partial charge in [0.05, 0.1) is 22.7 Å². The van der Waals surface area contributed by atoms with Crippen LogP contribution in [0, 0.1) is 0 Å². The third kappa shape index (κ3) is 5.20. The van der Waals surface area contributed by atoms with Crippen LogP contribution in [0.25, 0.3) is 17.0 Å². The van der Waals surface area contributed by atoms with E-state index in [4.69, 9.17) is 4.74 Å². The Morgan fingerprint density at radius 2 is 2.03 bits per heavy atom. The minimum absolute atomic E-state index is 0.0409. The van der Waals surface area contributed by atoms with Crippen molar-refractivity contribution in [3.63, 3.8) is 0 Å². The van der Waals surface area contributed by atoms with Crippen molar-refractivity contribution in [3.05, 3.63) is 48.2 Å². The summed E-state index contributed by atoms with van der Waals surface area (Å²) >= 11 is 0. The summed E-state index contributed by atoms with van der Waals surface area (Å²) in [6.07, 6.45) is 2.18. The summed E-state index contributed by atoms with van der Waals surface area (Å²) in [5, 5.41) is 1.00. The number of pyridine rings is 1. The molecule has 1 aliphatic rings. The lowest BCUT2D eigenvalue weighted by molar-refractivity contribution is -0.156. The van der Waals surface area contributed by atoms with Gasteiger partial charge in [-0.1, -0.05) is 24.3 Å². The van der Waals surface area contributed by atoms with Gasteiger partial charge in [-0.25, -0.2) is 18.2 Å². The van der Waals surface area contributed by atoms with Crippen LogP contribution in [0.1, 0.15) is 26.0 Å². The molecule has 1 aromatic carbocycles. The molecule has 2 unspecified atom stereocenters. The SMILES string of the molecule is CCN(C(=O)C(C)OC(=O)/C=C/c1ccc2ccccc2n1)C1CCS(=O)(=O)C1. The van der Waals surface area contributed by atoms with Crippen LogP contribution < -0.4 is 0 Å². The van der Waals surface area contributed by atoms with E-state index in [-0.39, 0.29) is 23.5 Å². The van der Waals surface area contributed by atoms with Gasteiger partial charge in [-0.3, -0.25) is 4.79 Å². The number of carbonyl (C=O) groups is 2. The summed E-state index contributed by atoms with van der Waals surface area (Å²) in [5.74, 6) is -1.01. The number of amides is 1. The Hall–Kier alpha value is -2.74. The molecule has 29 heavy (non-hydrogen) atoms. The van der Waals surface area contributed by atoms with E-state index in [9.17, 15) is 18.0 Å². The average Bonchev–Trinajstić information content (AvgIpc) is 3.06. The maximum Gasteiger partial charge on any atom is 0.331 e. The number of rotatable bonds is 6. The minimum atomic E-state index is -3.11. The predicted octanol–water partition coefficient (Wildman–Crippen LogP) is 2.22. The number of para-hydroxylation sites is 1. The van der Waals surface area contributed by atoms with Crippen molar-refractivity contribution in [2.75, 3.05) is 18.1 Å². The molecule has 3 rings (SSSR count). The van der Waals surface area contributed by atoms with Gasteiger partial charge in [0.1, 0.15) is 0 Å². The number of nitrogens with zero attached hydrogens (tertiary/aromatic N) is 2. The number of hydrogen-bond donors (Lipinski definition) is 0. The Morgan fingerprint density at radius 3 is 2.72 bits per heavy atom. The zero-order chi connectivity index (χ0) is 21.0. The summed E-state index contributed by atoms with van der Waals surface area (Å²) in [5.41, 5.74) is 1.42. The van der Waals surface area contributed by atoms with Gasteiger partial charge in [0.2, 0.25) is 0 Å². The number of benzene rings is 1. The van der Waals surface area contributed by atoms with Crippen molar-refractivity contribution in [2.45, 2.75) is 32.4 Å². The number of fused-ring (bicyclic) bond motifs is 1. The zero-order valence-electron chi connectivity index (χ0n) is 16.4. The van der Waals surface area contributed by atoms with Crippen molar-refractivity contribution in [1.29, 1.82) is 0 Å². The first-order chi connectivity index (χ1) is 13.8. The van der Waals surface area contributed by atoms with E-state index < -0.39 is 21.9 Å². The van der Waals surface area contributed by atoms with Gasteiger partial charge in [0.15, 0.2) is 15.9 Å². The van der Waals surface area contributed by atoms with E-state index >= 15 is 0 Å². The molecular formula is C21H24N2O5S. The fraction of sp³-hybridized carbons (Fsp3) is 0.381. The quantitative estimate of drug-likeness (QED) is 0.529. The molecule has 0 saturated carbocycles. The topological polar surface area (TPSA) is 93.6 Å². The lowest BCUT2D eigenvalue weighted by Gasteiger charge is -2.29. The first kappa shape index (κ1) is 21.0. The highest BCUT2D eigenvalue weighted by Gasteiger charge is 2.36. The molecule has 8 heteroatoms. The molecule has 2 heterocycles. The Morgan fingerprint density at radius 1 is 1.28 bits per heavy atom. The fourth-order valence-electron chi connectivity index (χ4n) is 3.44. The molecular weight excluding hydrogens is 392 g/mol. The number of aromatic nitrogens is 1. The summed E-state index contributed by atoms with van der Waals surface area (Å²) in [6, 6.07) is 11.0. The first-order valence-corrected chi connectivity index (χ1v) is 11.4. The molecule has 0 aliphatic carbocycles. The molecule has 2 aromatic rings. The Labute approximate surface area is 170 Å². The highest BCUT2D eigenvalue weighted by molar-refractivity contribution is 7.91. The van der Waals surface area contributed by atoms with Gasteiger partial charge < -0.3 is 9.64 Å². The molecule has 1 fully saturated rings. The minimum Gasteiger partial charge on any atom is -0.449 e. The normalized spacial score (nSPS) is 19.3. The van der Waals surface area contributed by atoms with Gasteiger partial charge in [-0.2, -0.15) is 0 Å². The van der Waals surface area contributed by atoms with E-state index in [0.29, 0.717) is 18.7 Å². The van der Waals surface area contributed by atoms with Gasteiger partial charge in [0.25, 0.3) is 5.91 Å². The first-order valence-electron chi connectivity index (χ1n) is 9.54. The molecule has 1 aromatic heterocycles. The van der Waals surface area contributed by atoms with Crippen LogP contribution in [0.15, 0.2) is 42.5 Å². The van der Waals surface area contributed by atoms with Crippen LogP contribution in [0.2, 0.25) is 0 Å². The third-order valence-corrected chi connectivity index (χ3v) is 6.67. The molecule has 1 saturated heterocycles. The smallest absolute Gasteiger partial charge is 0.331 e. The molecule has 0 bridgehead atoms. The van der Waals surface area contributed by atoms with Crippen LogP contribution >= 0.6 is 0 Å². The summed E-state index contributed by atoms with van der Waals surface area (Å²) < 4.78 is 28.6. The molecule has 1 amide bonds. The van der Waals surface area contributed by atoms with E-state index in [2.05, 4.69) is 4.98 Å². The molecule has 1 aliphatic heterocycles. The van der Waals surface area contributed by atoms with E-state index in [1.54, 1.807) is 13.0 Å². The van der Waals surface area contributed by atoms with Crippen molar-refractivity contribution in [2.24, 2.45) is 0 Å². The second-order valence-corrected chi connectivity index (χ2v) is 9.25. The second kappa shape index (κ2) is 8.73. The molecule has 0 radical (unpaired) electrons. The largest absolute Gasteiger partial charge is 0.449 e. The van der Waals surface area contributed by atoms with Crippen LogP contribution in [-0.4, -0.2) is 60.4 Å². The van der Waals surface area contributed by atoms with Crippen LogP contribution in [-0.2, 0) is 24.2 Å². The maximum atomic E-state index is 12.6. The second-order valence-electron chi connectivity index (χ2n) is 7.02. The van der Waals surface area contributed by atoms with Crippen molar-refractivity contribution in [3.8, 4) is 0 Å². The summed E-state index contributed by atoms with van der Waals surface area (Å²) in [7, 11) is -3.11. The average molecular weight is 416 g/mol. The van der Waals surface area contributed by atoms with E-state index in [1.807, 2.05) is 30.3 Å². The molecule has 154 valence electrons. The van der Waals surface area contributed by atoms with E-state index in [1.165, 1.54) is 24.0 Å². The van der Waals surface area contributed by atoms with Gasteiger partial charge >= 0.3 is 5.97 Å². The zero-order valence-corrected chi connectivity index (χ0v) is 17.3. The fourth-order valence-corrected chi connectivity index (χ4v) is 5.17. The maximum absolute atomic E-state index is 12.6. The van der Waals surface area contributed by atoms with Crippen molar-refractivity contribution >= 4 is 38.7 Å². The third-order valence-electron chi connectivity index (χ3n) is 4.92. The monoisotopic (exact) mass is 416 g/mol. The standard InChI is InChI=1S/C21H24N2O5S/c1-3-23(18-12-13-29(26,27)14-18)21(25)15(2)28-20(24)11-10-17-9-8-16-6-4-5-7-19(16)22-17/h4-11,15,18H,3,12-14H2,1-2H3/b11-10+. The van der Waals surface area contributed by atoms with Crippen molar-refractivity contribution in [1.82, 2.24) is 9.88 Å².